The normalized spacial score (nSPS) is 34.0. The van der Waals surface area contributed by atoms with Gasteiger partial charge in [-0.25, -0.2) is 9.37 Å². The second-order valence-electron chi connectivity index (χ2n) is 7.00. The zero-order chi connectivity index (χ0) is 15.4. The van der Waals surface area contributed by atoms with Crippen LogP contribution < -0.4 is 0 Å². The highest BCUT2D eigenvalue weighted by Crippen LogP contribution is 2.51. The molecule has 0 amide bonds. The molecule has 4 rings (SSSR count). The molecule has 1 saturated heterocycles. The second kappa shape index (κ2) is 4.53. The molecule has 1 aliphatic carbocycles. The van der Waals surface area contributed by atoms with Crippen molar-refractivity contribution in [2.24, 2.45) is 5.41 Å². The lowest BCUT2D eigenvalue weighted by Crippen LogP contribution is -2.42. The lowest BCUT2D eigenvalue weighted by Gasteiger charge is -2.40. The van der Waals surface area contributed by atoms with Gasteiger partial charge in [0.1, 0.15) is 6.17 Å². The Morgan fingerprint density at radius 3 is 3.09 bits per heavy atom. The first kappa shape index (κ1) is 13.7. The Bertz CT molecular complexity index is 774. The van der Waals surface area contributed by atoms with Crippen LogP contribution >= 0.6 is 0 Å². The fourth-order valence-corrected chi connectivity index (χ4v) is 3.82. The van der Waals surface area contributed by atoms with Crippen molar-refractivity contribution in [1.29, 1.82) is 5.26 Å². The molecule has 2 aromatic rings. The van der Waals surface area contributed by atoms with Gasteiger partial charge in [-0.3, -0.25) is 0 Å². The number of hydrogen-bond acceptors (Lipinski definition) is 3. The number of ether oxygens (including phenoxy) is 1. The third-order valence-electron chi connectivity index (χ3n) is 5.17. The zero-order valence-corrected chi connectivity index (χ0v) is 12.6. The standard InChI is InChI=1S/C17H18FN3O/c1-16(8-17(10-22-17)5-4-15(16)18)9-21-11-20-13-3-2-12(7-19)6-14(13)21/h2-3,6,11,15H,4-5,8-10H2,1H3/t15-,16+,17-/m1/s1. The third-order valence-corrected chi connectivity index (χ3v) is 5.17. The van der Waals surface area contributed by atoms with Gasteiger partial charge in [0.25, 0.3) is 0 Å². The van der Waals surface area contributed by atoms with E-state index in [0.717, 1.165) is 30.5 Å². The van der Waals surface area contributed by atoms with Crippen molar-refractivity contribution in [3.63, 3.8) is 0 Å². The van der Waals surface area contributed by atoms with Crippen molar-refractivity contribution in [2.75, 3.05) is 6.61 Å². The van der Waals surface area contributed by atoms with Crippen molar-refractivity contribution in [3.05, 3.63) is 30.1 Å². The smallest absolute Gasteiger partial charge is 0.107 e. The van der Waals surface area contributed by atoms with Crippen LogP contribution in [0.4, 0.5) is 4.39 Å². The van der Waals surface area contributed by atoms with Crippen LogP contribution in [0.1, 0.15) is 31.7 Å². The maximum absolute atomic E-state index is 14.6. The van der Waals surface area contributed by atoms with Crippen LogP contribution in [0, 0.1) is 16.7 Å². The van der Waals surface area contributed by atoms with Gasteiger partial charge < -0.3 is 9.30 Å². The first-order valence-electron chi connectivity index (χ1n) is 7.67. The van der Waals surface area contributed by atoms with Crippen molar-refractivity contribution in [1.82, 2.24) is 9.55 Å². The van der Waals surface area contributed by atoms with Crippen molar-refractivity contribution < 1.29 is 9.13 Å². The Hall–Kier alpha value is -1.93. The summed E-state index contributed by atoms with van der Waals surface area (Å²) in [5.74, 6) is 0. The van der Waals surface area contributed by atoms with E-state index >= 15 is 0 Å². The summed E-state index contributed by atoms with van der Waals surface area (Å²) in [6, 6.07) is 7.57. The molecular weight excluding hydrogens is 281 g/mol. The molecule has 0 unspecified atom stereocenters. The van der Waals surface area contributed by atoms with Gasteiger partial charge in [-0.15, -0.1) is 0 Å². The van der Waals surface area contributed by atoms with Crippen molar-refractivity contribution in [2.45, 2.75) is 44.5 Å². The summed E-state index contributed by atoms with van der Waals surface area (Å²) in [6.45, 7) is 3.32. The van der Waals surface area contributed by atoms with Crippen LogP contribution in [0.5, 0.6) is 0 Å². The molecule has 0 radical (unpaired) electrons. The van der Waals surface area contributed by atoms with Gasteiger partial charge in [0.15, 0.2) is 0 Å². The van der Waals surface area contributed by atoms with Crippen LogP contribution in [-0.4, -0.2) is 27.9 Å². The number of imidazole rings is 1. The minimum absolute atomic E-state index is 0.0778. The number of aromatic nitrogens is 2. The fraction of sp³-hybridized carbons (Fsp3) is 0.529. The first-order chi connectivity index (χ1) is 10.5. The van der Waals surface area contributed by atoms with E-state index in [1.165, 1.54) is 0 Å². The van der Waals surface area contributed by atoms with E-state index in [4.69, 9.17) is 10.00 Å². The largest absolute Gasteiger partial charge is 0.370 e. The summed E-state index contributed by atoms with van der Waals surface area (Å²) in [4.78, 5) is 4.37. The molecule has 1 aromatic heterocycles. The summed E-state index contributed by atoms with van der Waals surface area (Å²) < 4.78 is 22.2. The monoisotopic (exact) mass is 299 g/mol. The molecule has 1 spiro atoms. The Morgan fingerprint density at radius 2 is 2.36 bits per heavy atom. The first-order valence-corrected chi connectivity index (χ1v) is 7.67. The van der Waals surface area contributed by atoms with Gasteiger partial charge in [0, 0.05) is 12.0 Å². The third kappa shape index (κ3) is 2.10. The highest BCUT2D eigenvalue weighted by Gasteiger charge is 2.55. The van der Waals surface area contributed by atoms with E-state index in [9.17, 15) is 4.39 Å². The van der Waals surface area contributed by atoms with Crippen molar-refractivity contribution >= 4 is 11.0 Å². The van der Waals surface area contributed by atoms with Crippen LogP contribution in [0.2, 0.25) is 0 Å². The maximum atomic E-state index is 14.6. The van der Waals surface area contributed by atoms with Gasteiger partial charge in [-0.1, -0.05) is 6.92 Å². The summed E-state index contributed by atoms with van der Waals surface area (Å²) >= 11 is 0. The fourth-order valence-electron chi connectivity index (χ4n) is 3.82. The lowest BCUT2D eigenvalue weighted by atomic mass is 9.69. The highest BCUT2D eigenvalue weighted by atomic mass is 19.1. The predicted octanol–water partition coefficient (Wildman–Crippen LogP) is 3.21. The van der Waals surface area contributed by atoms with E-state index in [1.807, 2.05) is 23.6 Å². The molecule has 2 fully saturated rings. The van der Waals surface area contributed by atoms with Crippen LogP contribution in [0.3, 0.4) is 0 Å². The molecule has 114 valence electrons. The molecule has 1 aliphatic heterocycles. The number of nitriles is 1. The average molecular weight is 299 g/mol. The average Bonchev–Trinajstić information content (AvgIpc) is 3.15. The minimum atomic E-state index is -0.834. The number of nitrogens with zero attached hydrogens (tertiary/aromatic N) is 3. The van der Waals surface area contributed by atoms with E-state index < -0.39 is 11.6 Å². The molecule has 0 bridgehead atoms. The Labute approximate surface area is 128 Å². The molecule has 1 saturated carbocycles. The van der Waals surface area contributed by atoms with E-state index in [1.54, 1.807) is 12.4 Å². The maximum Gasteiger partial charge on any atom is 0.107 e. The van der Waals surface area contributed by atoms with Crippen LogP contribution in [0.25, 0.3) is 11.0 Å². The second-order valence-corrected chi connectivity index (χ2v) is 7.00. The van der Waals surface area contributed by atoms with Gasteiger partial charge in [-0.2, -0.15) is 5.26 Å². The summed E-state index contributed by atoms with van der Waals surface area (Å²) in [5, 5.41) is 9.06. The quantitative estimate of drug-likeness (QED) is 0.800. The molecular formula is C17H18FN3O. The van der Waals surface area contributed by atoms with E-state index in [2.05, 4.69) is 11.1 Å². The van der Waals surface area contributed by atoms with E-state index in [-0.39, 0.29) is 5.60 Å². The number of fused-ring (bicyclic) bond motifs is 1. The predicted molar refractivity (Wildman–Crippen MR) is 80.0 cm³/mol. The molecule has 3 atom stereocenters. The van der Waals surface area contributed by atoms with Crippen LogP contribution in [-0.2, 0) is 11.3 Å². The Kier molecular flexibility index (Phi) is 2.82. The van der Waals surface area contributed by atoms with Gasteiger partial charge in [-0.05, 0) is 37.5 Å². The minimum Gasteiger partial charge on any atom is -0.370 e. The highest BCUT2D eigenvalue weighted by molar-refractivity contribution is 5.77. The van der Waals surface area contributed by atoms with Gasteiger partial charge >= 0.3 is 0 Å². The number of epoxide rings is 1. The molecule has 22 heavy (non-hydrogen) atoms. The number of hydrogen-bond donors (Lipinski definition) is 0. The molecule has 0 N–H and O–H groups in total. The lowest BCUT2D eigenvalue weighted by molar-refractivity contribution is 0.0143. The number of halogens is 1. The molecule has 2 heterocycles. The topological polar surface area (TPSA) is 54.1 Å². The molecule has 4 nitrogen and oxygen atoms in total. The van der Waals surface area contributed by atoms with Crippen molar-refractivity contribution in [3.8, 4) is 6.07 Å². The number of alkyl halides is 1. The summed E-state index contributed by atoms with van der Waals surface area (Å²) in [5.41, 5.74) is 1.80. The van der Waals surface area contributed by atoms with Crippen LogP contribution in [0.15, 0.2) is 24.5 Å². The zero-order valence-electron chi connectivity index (χ0n) is 12.6. The molecule has 1 aromatic carbocycles. The number of benzene rings is 1. The van der Waals surface area contributed by atoms with Gasteiger partial charge in [0.05, 0.1) is 41.2 Å². The Balaban J connectivity index is 1.69. The summed E-state index contributed by atoms with van der Waals surface area (Å²) in [7, 11) is 0. The molecule has 5 heteroatoms. The SMILES string of the molecule is C[C@@]1(Cn2cnc3ccc(C#N)cc32)C[C@]2(CC[C@H]1F)CO2. The van der Waals surface area contributed by atoms with E-state index in [0.29, 0.717) is 18.5 Å². The Morgan fingerprint density at radius 1 is 1.55 bits per heavy atom. The molecule has 2 aliphatic rings. The van der Waals surface area contributed by atoms with Gasteiger partial charge in [0.2, 0.25) is 0 Å². The number of rotatable bonds is 2. The summed E-state index contributed by atoms with van der Waals surface area (Å²) in [6.07, 6.45) is 3.05.